The summed E-state index contributed by atoms with van der Waals surface area (Å²) in [6.45, 7) is 0.727. The van der Waals surface area contributed by atoms with Crippen molar-refractivity contribution < 1.29 is 9.84 Å². The van der Waals surface area contributed by atoms with E-state index in [1.54, 1.807) is 6.07 Å². The first-order valence-corrected chi connectivity index (χ1v) is 6.14. The number of hydrogen-bond donors (Lipinski definition) is 1. The first-order valence-electron chi connectivity index (χ1n) is 6.14. The zero-order valence-electron chi connectivity index (χ0n) is 9.99. The maximum atomic E-state index is 9.39. The van der Waals surface area contributed by atoms with Crippen LogP contribution in [0.15, 0.2) is 48.8 Å². The SMILES string of the molecule is Oc1cncc([C@H]2C[C@H]2COc2ccccc2)c1. The normalized spacial score (nSPS) is 21.6. The van der Waals surface area contributed by atoms with Gasteiger partial charge in [0.05, 0.1) is 12.8 Å². The highest BCUT2D eigenvalue weighted by molar-refractivity contribution is 5.29. The van der Waals surface area contributed by atoms with E-state index in [9.17, 15) is 5.11 Å². The van der Waals surface area contributed by atoms with Crippen LogP contribution < -0.4 is 4.74 Å². The highest BCUT2D eigenvalue weighted by Crippen LogP contribution is 2.47. The fourth-order valence-electron chi connectivity index (χ4n) is 2.21. The van der Waals surface area contributed by atoms with E-state index in [1.807, 2.05) is 36.5 Å². The van der Waals surface area contributed by atoms with E-state index in [2.05, 4.69) is 4.98 Å². The standard InChI is InChI=1S/C15H15NO2/c17-13-6-11(8-16-9-13)15-7-12(15)10-18-14-4-2-1-3-5-14/h1-6,8-9,12,15,17H,7,10H2/t12-,15+/m0/s1. The van der Waals surface area contributed by atoms with Crippen LogP contribution in [0.4, 0.5) is 0 Å². The van der Waals surface area contributed by atoms with Gasteiger partial charge in [-0.05, 0) is 36.1 Å². The molecule has 1 aromatic carbocycles. The molecule has 3 nitrogen and oxygen atoms in total. The summed E-state index contributed by atoms with van der Waals surface area (Å²) >= 11 is 0. The van der Waals surface area contributed by atoms with Gasteiger partial charge in [-0.15, -0.1) is 0 Å². The fraction of sp³-hybridized carbons (Fsp3) is 0.267. The molecule has 2 aromatic rings. The Bertz CT molecular complexity index is 527. The largest absolute Gasteiger partial charge is 0.506 e. The summed E-state index contributed by atoms with van der Waals surface area (Å²) in [6.07, 6.45) is 4.40. The zero-order valence-corrected chi connectivity index (χ0v) is 9.99. The molecule has 0 spiro atoms. The van der Waals surface area contributed by atoms with Gasteiger partial charge < -0.3 is 9.84 Å². The summed E-state index contributed by atoms with van der Waals surface area (Å²) in [6, 6.07) is 11.6. The Morgan fingerprint density at radius 1 is 1.22 bits per heavy atom. The fourth-order valence-corrected chi connectivity index (χ4v) is 2.21. The summed E-state index contributed by atoms with van der Waals surface area (Å²) in [4.78, 5) is 4.01. The van der Waals surface area contributed by atoms with Crippen LogP contribution in [0.1, 0.15) is 17.9 Å². The Labute approximate surface area is 106 Å². The van der Waals surface area contributed by atoms with Gasteiger partial charge in [-0.1, -0.05) is 18.2 Å². The molecule has 92 valence electrons. The van der Waals surface area contributed by atoms with Gasteiger partial charge in [-0.2, -0.15) is 0 Å². The van der Waals surface area contributed by atoms with Gasteiger partial charge in [0.15, 0.2) is 0 Å². The third-order valence-electron chi connectivity index (χ3n) is 3.30. The molecule has 1 fully saturated rings. The molecule has 18 heavy (non-hydrogen) atoms. The van der Waals surface area contributed by atoms with Crippen molar-refractivity contribution in [2.75, 3.05) is 6.61 Å². The highest BCUT2D eigenvalue weighted by atomic mass is 16.5. The van der Waals surface area contributed by atoms with E-state index in [0.717, 1.165) is 24.3 Å². The maximum absolute atomic E-state index is 9.39. The number of aromatic nitrogens is 1. The van der Waals surface area contributed by atoms with Crippen molar-refractivity contribution in [1.29, 1.82) is 0 Å². The molecule has 1 aromatic heterocycles. The monoisotopic (exact) mass is 241 g/mol. The van der Waals surface area contributed by atoms with Crippen LogP contribution in [0.25, 0.3) is 0 Å². The van der Waals surface area contributed by atoms with E-state index in [4.69, 9.17) is 4.74 Å². The minimum Gasteiger partial charge on any atom is -0.506 e. The molecule has 1 heterocycles. The number of aromatic hydroxyl groups is 1. The lowest BCUT2D eigenvalue weighted by molar-refractivity contribution is 0.297. The molecule has 3 heteroatoms. The molecule has 0 amide bonds. The highest BCUT2D eigenvalue weighted by Gasteiger charge is 2.39. The third-order valence-corrected chi connectivity index (χ3v) is 3.30. The number of nitrogens with zero attached hydrogens (tertiary/aromatic N) is 1. The molecule has 1 saturated carbocycles. The quantitative estimate of drug-likeness (QED) is 0.894. The summed E-state index contributed by atoms with van der Waals surface area (Å²) in [5.74, 6) is 2.17. The van der Waals surface area contributed by atoms with Gasteiger partial charge in [0.1, 0.15) is 11.5 Å². The Kier molecular flexibility index (Phi) is 2.89. The molecule has 1 N–H and O–H groups in total. The van der Waals surface area contributed by atoms with Crippen molar-refractivity contribution in [3.8, 4) is 11.5 Å². The number of hydrogen-bond acceptors (Lipinski definition) is 3. The number of benzene rings is 1. The molecular formula is C15H15NO2. The number of pyridine rings is 1. The Hall–Kier alpha value is -2.03. The minimum atomic E-state index is 0.238. The second-order valence-corrected chi connectivity index (χ2v) is 4.70. The maximum Gasteiger partial charge on any atom is 0.134 e. The number of para-hydroxylation sites is 1. The van der Waals surface area contributed by atoms with Gasteiger partial charge >= 0.3 is 0 Å². The lowest BCUT2D eigenvalue weighted by Crippen LogP contribution is -2.00. The molecule has 1 aliphatic rings. The van der Waals surface area contributed by atoms with Gasteiger partial charge in [0, 0.05) is 12.1 Å². The van der Waals surface area contributed by atoms with Crippen molar-refractivity contribution >= 4 is 0 Å². The summed E-state index contributed by atoms with van der Waals surface area (Å²) in [5.41, 5.74) is 1.11. The average Bonchev–Trinajstić information content (AvgIpc) is 3.17. The predicted octanol–water partition coefficient (Wildman–Crippen LogP) is 2.97. The smallest absolute Gasteiger partial charge is 0.134 e. The second-order valence-electron chi connectivity index (χ2n) is 4.70. The summed E-state index contributed by atoms with van der Waals surface area (Å²) < 4.78 is 5.73. The first kappa shape index (κ1) is 11.1. The molecule has 0 saturated heterocycles. The molecule has 0 aliphatic heterocycles. The molecule has 3 rings (SSSR count). The first-order chi connectivity index (χ1) is 8.83. The van der Waals surface area contributed by atoms with Crippen LogP contribution in [0.5, 0.6) is 11.5 Å². The molecule has 0 radical (unpaired) electrons. The topological polar surface area (TPSA) is 42.4 Å². The number of rotatable bonds is 4. The molecule has 0 unspecified atom stereocenters. The summed E-state index contributed by atoms with van der Waals surface area (Å²) in [7, 11) is 0. The van der Waals surface area contributed by atoms with Gasteiger partial charge in [-0.25, -0.2) is 0 Å². The Morgan fingerprint density at radius 2 is 2.06 bits per heavy atom. The average molecular weight is 241 g/mol. The van der Waals surface area contributed by atoms with Crippen LogP contribution in [0.2, 0.25) is 0 Å². The molecule has 1 aliphatic carbocycles. The van der Waals surface area contributed by atoms with E-state index in [0.29, 0.717) is 11.8 Å². The Balaban J connectivity index is 1.56. The van der Waals surface area contributed by atoms with Crippen molar-refractivity contribution in [3.05, 3.63) is 54.4 Å². The van der Waals surface area contributed by atoms with Crippen molar-refractivity contribution in [2.45, 2.75) is 12.3 Å². The van der Waals surface area contributed by atoms with Crippen LogP contribution >= 0.6 is 0 Å². The van der Waals surface area contributed by atoms with Crippen LogP contribution in [0.3, 0.4) is 0 Å². The predicted molar refractivity (Wildman–Crippen MR) is 68.7 cm³/mol. The van der Waals surface area contributed by atoms with Gasteiger partial charge in [0.25, 0.3) is 0 Å². The zero-order chi connectivity index (χ0) is 12.4. The Morgan fingerprint density at radius 3 is 2.83 bits per heavy atom. The van der Waals surface area contributed by atoms with Crippen LogP contribution in [-0.2, 0) is 0 Å². The lowest BCUT2D eigenvalue weighted by atomic mass is 10.1. The van der Waals surface area contributed by atoms with E-state index >= 15 is 0 Å². The van der Waals surface area contributed by atoms with Crippen molar-refractivity contribution in [1.82, 2.24) is 4.98 Å². The van der Waals surface area contributed by atoms with Crippen LogP contribution in [-0.4, -0.2) is 16.7 Å². The number of ether oxygens (including phenoxy) is 1. The van der Waals surface area contributed by atoms with Crippen molar-refractivity contribution in [3.63, 3.8) is 0 Å². The van der Waals surface area contributed by atoms with E-state index < -0.39 is 0 Å². The van der Waals surface area contributed by atoms with Crippen LogP contribution in [0, 0.1) is 5.92 Å². The van der Waals surface area contributed by atoms with E-state index in [1.165, 1.54) is 6.20 Å². The van der Waals surface area contributed by atoms with Gasteiger partial charge in [0.2, 0.25) is 0 Å². The molecular weight excluding hydrogens is 226 g/mol. The second kappa shape index (κ2) is 4.69. The summed E-state index contributed by atoms with van der Waals surface area (Å²) in [5, 5.41) is 9.39. The van der Waals surface area contributed by atoms with Crippen molar-refractivity contribution in [2.24, 2.45) is 5.92 Å². The molecule has 2 atom stereocenters. The minimum absolute atomic E-state index is 0.238. The van der Waals surface area contributed by atoms with E-state index in [-0.39, 0.29) is 5.75 Å². The molecule has 0 bridgehead atoms. The van der Waals surface area contributed by atoms with Gasteiger partial charge in [-0.3, -0.25) is 4.98 Å². The third kappa shape index (κ3) is 2.45. The lowest BCUT2D eigenvalue weighted by Gasteiger charge is -2.05.